The smallest absolute Gasteiger partial charge is 0.119 e. The van der Waals surface area contributed by atoms with E-state index in [1.165, 1.54) is 10.9 Å². The summed E-state index contributed by atoms with van der Waals surface area (Å²) in [6.07, 6.45) is 3.16. The first kappa shape index (κ1) is 9.51. The molecule has 5 heteroatoms. The highest BCUT2D eigenvalue weighted by Crippen LogP contribution is 2.25. The van der Waals surface area contributed by atoms with Crippen LogP contribution in [-0.4, -0.2) is 25.2 Å². The normalized spacial score (nSPS) is 12.6. The van der Waals surface area contributed by atoms with E-state index in [1.54, 1.807) is 24.5 Å². The van der Waals surface area contributed by atoms with Crippen molar-refractivity contribution in [2.24, 2.45) is 0 Å². The number of phenols is 2. The van der Waals surface area contributed by atoms with Crippen molar-refractivity contribution in [3.8, 4) is 11.5 Å². The van der Waals surface area contributed by atoms with Crippen LogP contribution in [0.5, 0.6) is 11.5 Å². The molecule has 0 aliphatic rings. The van der Waals surface area contributed by atoms with Gasteiger partial charge in [-0.3, -0.25) is 0 Å². The summed E-state index contributed by atoms with van der Waals surface area (Å²) < 4.78 is 0. The molecule has 0 saturated heterocycles. The molecule has 0 unspecified atom stereocenters. The fraction of sp³-hybridized carbons (Fsp3) is 0.200. The van der Waals surface area contributed by atoms with Crippen LogP contribution in [0.25, 0.3) is 0 Å². The Morgan fingerprint density at radius 1 is 1.07 bits per heavy atom. The van der Waals surface area contributed by atoms with Crippen LogP contribution in [0.4, 0.5) is 0 Å². The molecule has 0 fully saturated rings. The van der Waals surface area contributed by atoms with Gasteiger partial charge in [0.05, 0.1) is 18.4 Å². The van der Waals surface area contributed by atoms with Gasteiger partial charge in [-0.25, -0.2) is 0 Å². The molecule has 1 aromatic heterocycles. The fourth-order valence-electron chi connectivity index (χ4n) is 1.42. The minimum absolute atomic E-state index is 0.0315. The molecule has 1 atom stereocenters. The molecule has 2 rings (SSSR count). The third-order valence-electron chi connectivity index (χ3n) is 2.19. The van der Waals surface area contributed by atoms with Crippen molar-refractivity contribution in [2.45, 2.75) is 13.0 Å². The van der Waals surface area contributed by atoms with Gasteiger partial charge < -0.3 is 10.2 Å². The predicted molar refractivity (Wildman–Crippen MR) is 53.6 cm³/mol. The average Bonchev–Trinajstić information content (AvgIpc) is 2.67. The lowest BCUT2D eigenvalue weighted by Gasteiger charge is -2.11. The largest absolute Gasteiger partial charge is 0.508 e. The SMILES string of the molecule is C[C@@H](c1cc(O)cc(O)c1)n1nccn1. The standard InChI is InChI=1S/C10H11N3O2/c1-7(13-11-2-3-12-13)8-4-9(14)6-10(15)5-8/h2-7,14-15H,1H3/t7-/m0/s1. The summed E-state index contributed by atoms with van der Waals surface area (Å²) in [5, 5.41) is 26.6. The second-order valence-corrected chi connectivity index (χ2v) is 3.31. The van der Waals surface area contributed by atoms with Crippen LogP contribution in [-0.2, 0) is 0 Å². The van der Waals surface area contributed by atoms with Gasteiger partial charge in [-0.15, -0.1) is 0 Å². The van der Waals surface area contributed by atoms with Gasteiger partial charge in [0.1, 0.15) is 11.5 Å². The second kappa shape index (κ2) is 3.61. The first-order chi connectivity index (χ1) is 7.16. The zero-order chi connectivity index (χ0) is 10.8. The monoisotopic (exact) mass is 205 g/mol. The van der Waals surface area contributed by atoms with E-state index >= 15 is 0 Å². The molecule has 0 aliphatic carbocycles. The molecule has 15 heavy (non-hydrogen) atoms. The van der Waals surface area contributed by atoms with Gasteiger partial charge in [0.15, 0.2) is 0 Å². The molecule has 1 heterocycles. The van der Waals surface area contributed by atoms with E-state index in [-0.39, 0.29) is 17.5 Å². The Labute approximate surface area is 86.6 Å². The highest BCUT2D eigenvalue weighted by Gasteiger charge is 2.10. The van der Waals surface area contributed by atoms with E-state index in [4.69, 9.17) is 0 Å². The first-order valence-corrected chi connectivity index (χ1v) is 4.55. The van der Waals surface area contributed by atoms with Gasteiger partial charge in [-0.1, -0.05) is 0 Å². The summed E-state index contributed by atoms with van der Waals surface area (Å²) in [5.41, 5.74) is 0.753. The summed E-state index contributed by atoms with van der Waals surface area (Å²) in [5.74, 6) is 0.0630. The number of rotatable bonds is 2. The quantitative estimate of drug-likeness (QED) is 0.775. The summed E-state index contributed by atoms with van der Waals surface area (Å²) in [4.78, 5) is 1.51. The molecule has 0 radical (unpaired) electrons. The third kappa shape index (κ3) is 1.90. The van der Waals surface area contributed by atoms with Crippen LogP contribution >= 0.6 is 0 Å². The molecule has 2 aromatic rings. The van der Waals surface area contributed by atoms with E-state index in [9.17, 15) is 10.2 Å². The van der Waals surface area contributed by atoms with Crippen molar-refractivity contribution in [1.29, 1.82) is 0 Å². The fourth-order valence-corrected chi connectivity index (χ4v) is 1.42. The van der Waals surface area contributed by atoms with Crippen LogP contribution in [0.15, 0.2) is 30.6 Å². The van der Waals surface area contributed by atoms with E-state index in [0.717, 1.165) is 5.56 Å². The number of hydrogen-bond acceptors (Lipinski definition) is 4. The van der Waals surface area contributed by atoms with E-state index in [0.29, 0.717) is 0 Å². The van der Waals surface area contributed by atoms with Crippen LogP contribution in [0, 0.1) is 0 Å². The molecule has 0 spiro atoms. The third-order valence-corrected chi connectivity index (χ3v) is 2.19. The highest BCUT2D eigenvalue weighted by atomic mass is 16.3. The van der Waals surface area contributed by atoms with E-state index in [1.807, 2.05) is 6.92 Å². The summed E-state index contributed by atoms with van der Waals surface area (Å²) in [6, 6.07) is 4.31. The second-order valence-electron chi connectivity index (χ2n) is 3.31. The lowest BCUT2D eigenvalue weighted by Crippen LogP contribution is -2.09. The first-order valence-electron chi connectivity index (χ1n) is 4.55. The molecule has 0 bridgehead atoms. The number of nitrogens with zero attached hydrogens (tertiary/aromatic N) is 3. The van der Waals surface area contributed by atoms with E-state index in [2.05, 4.69) is 10.2 Å². The lowest BCUT2D eigenvalue weighted by molar-refractivity contribution is 0.441. The summed E-state index contributed by atoms with van der Waals surface area (Å²) in [7, 11) is 0. The van der Waals surface area contributed by atoms with Crippen LogP contribution in [0.2, 0.25) is 0 Å². The predicted octanol–water partition coefficient (Wildman–Crippen LogP) is 1.30. The topological polar surface area (TPSA) is 71.2 Å². The molecule has 78 valence electrons. The van der Waals surface area contributed by atoms with Crippen molar-refractivity contribution in [1.82, 2.24) is 15.0 Å². The summed E-state index contributed by atoms with van der Waals surface area (Å²) >= 11 is 0. The van der Waals surface area contributed by atoms with Crippen LogP contribution < -0.4 is 0 Å². The molecule has 0 aliphatic heterocycles. The van der Waals surface area contributed by atoms with Crippen LogP contribution in [0.3, 0.4) is 0 Å². The maximum Gasteiger partial charge on any atom is 0.119 e. The van der Waals surface area contributed by atoms with Gasteiger partial charge in [0.2, 0.25) is 0 Å². The maximum absolute atomic E-state index is 9.33. The van der Waals surface area contributed by atoms with Crippen molar-refractivity contribution in [3.63, 3.8) is 0 Å². The number of phenolic OH excluding ortho intramolecular Hbond substituents is 2. The molecule has 0 amide bonds. The number of aromatic nitrogens is 3. The number of aromatic hydroxyl groups is 2. The van der Waals surface area contributed by atoms with Crippen molar-refractivity contribution < 1.29 is 10.2 Å². The van der Waals surface area contributed by atoms with E-state index < -0.39 is 0 Å². The average molecular weight is 205 g/mol. The Bertz CT molecular complexity index is 433. The van der Waals surface area contributed by atoms with Crippen molar-refractivity contribution in [2.75, 3.05) is 0 Å². The number of benzene rings is 1. The molecule has 2 N–H and O–H groups in total. The molecule has 1 aromatic carbocycles. The Morgan fingerprint density at radius 2 is 1.60 bits per heavy atom. The maximum atomic E-state index is 9.33. The van der Waals surface area contributed by atoms with Gasteiger partial charge >= 0.3 is 0 Å². The van der Waals surface area contributed by atoms with Gasteiger partial charge in [-0.05, 0) is 24.6 Å². The molecular weight excluding hydrogens is 194 g/mol. The van der Waals surface area contributed by atoms with Crippen molar-refractivity contribution >= 4 is 0 Å². The zero-order valence-electron chi connectivity index (χ0n) is 8.20. The van der Waals surface area contributed by atoms with Crippen molar-refractivity contribution in [3.05, 3.63) is 36.2 Å². The Morgan fingerprint density at radius 3 is 2.13 bits per heavy atom. The lowest BCUT2D eigenvalue weighted by atomic mass is 10.1. The molecular formula is C10H11N3O2. The van der Waals surface area contributed by atoms with Gasteiger partial charge in [0, 0.05) is 6.07 Å². The zero-order valence-corrected chi connectivity index (χ0v) is 8.20. The molecule has 0 saturated carbocycles. The Balaban J connectivity index is 2.37. The molecule has 5 nitrogen and oxygen atoms in total. The minimum Gasteiger partial charge on any atom is -0.508 e. The summed E-state index contributed by atoms with van der Waals surface area (Å²) in [6.45, 7) is 1.88. The Hall–Kier alpha value is -2.04. The number of hydrogen-bond donors (Lipinski definition) is 2. The van der Waals surface area contributed by atoms with Gasteiger partial charge in [-0.2, -0.15) is 15.0 Å². The Kier molecular flexibility index (Phi) is 2.29. The van der Waals surface area contributed by atoms with Gasteiger partial charge in [0.25, 0.3) is 0 Å². The highest BCUT2D eigenvalue weighted by molar-refractivity contribution is 5.37. The van der Waals surface area contributed by atoms with Crippen LogP contribution in [0.1, 0.15) is 18.5 Å². The minimum atomic E-state index is -0.127.